The zero-order valence-corrected chi connectivity index (χ0v) is 11.3. The number of carbonyl (C=O) groups is 1. The van der Waals surface area contributed by atoms with Gasteiger partial charge in [-0.1, -0.05) is 64.2 Å². The zero-order chi connectivity index (χ0) is 12.9. The predicted octanol–water partition coefficient (Wildman–Crippen LogP) is 4.41. The standard InChI is InChI=1S/C15H26O2/c1-4-6-7-8-9-10-11-13-14(12-5-2)15(16)17-3/h5,12H,2,4,6-11,13H2,1,3H3/b14-12+. The van der Waals surface area contributed by atoms with Crippen molar-refractivity contribution in [1.82, 2.24) is 0 Å². The van der Waals surface area contributed by atoms with E-state index in [1.807, 2.05) is 0 Å². The Morgan fingerprint density at radius 2 is 1.71 bits per heavy atom. The third-order valence-electron chi connectivity index (χ3n) is 2.82. The monoisotopic (exact) mass is 238 g/mol. The lowest BCUT2D eigenvalue weighted by atomic mass is 10.0. The molecule has 0 heterocycles. The van der Waals surface area contributed by atoms with Crippen LogP contribution in [0.5, 0.6) is 0 Å². The molecule has 0 atom stereocenters. The molecule has 0 rings (SSSR count). The first kappa shape index (κ1) is 16.0. The van der Waals surface area contributed by atoms with Crippen molar-refractivity contribution in [2.24, 2.45) is 0 Å². The molecule has 0 amide bonds. The van der Waals surface area contributed by atoms with E-state index in [9.17, 15) is 4.79 Å². The maximum absolute atomic E-state index is 11.4. The summed E-state index contributed by atoms with van der Waals surface area (Å²) >= 11 is 0. The Morgan fingerprint density at radius 3 is 2.24 bits per heavy atom. The van der Waals surface area contributed by atoms with E-state index in [-0.39, 0.29) is 5.97 Å². The fourth-order valence-electron chi connectivity index (χ4n) is 1.80. The summed E-state index contributed by atoms with van der Waals surface area (Å²) in [5.74, 6) is -0.226. The molecule has 0 saturated heterocycles. The van der Waals surface area contributed by atoms with Crippen molar-refractivity contribution in [3.63, 3.8) is 0 Å². The summed E-state index contributed by atoms with van der Waals surface area (Å²) in [7, 11) is 1.42. The third-order valence-corrected chi connectivity index (χ3v) is 2.82. The molecule has 0 saturated carbocycles. The summed E-state index contributed by atoms with van der Waals surface area (Å²) in [5, 5.41) is 0. The minimum atomic E-state index is -0.226. The number of esters is 1. The van der Waals surface area contributed by atoms with Crippen molar-refractivity contribution < 1.29 is 9.53 Å². The Balaban J connectivity index is 3.66. The van der Waals surface area contributed by atoms with Crippen LogP contribution in [-0.4, -0.2) is 13.1 Å². The highest BCUT2D eigenvalue weighted by Gasteiger charge is 2.07. The number of ether oxygens (including phenoxy) is 1. The van der Waals surface area contributed by atoms with E-state index in [0.29, 0.717) is 0 Å². The van der Waals surface area contributed by atoms with E-state index in [2.05, 4.69) is 13.5 Å². The molecule has 0 aromatic carbocycles. The Hall–Kier alpha value is -1.05. The van der Waals surface area contributed by atoms with Gasteiger partial charge in [0.25, 0.3) is 0 Å². The topological polar surface area (TPSA) is 26.3 Å². The molecular weight excluding hydrogens is 212 g/mol. The normalized spacial score (nSPS) is 11.3. The van der Waals surface area contributed by atoms with Crippen LogP contribution < -0.4 is 0 Å². The van der Waals surface area contributed by atoms with Gasteiger partial charge in [-0.15, -0.1) is 0 Å². The minimum Gasteiger partial charge on any atom is -0.466 e. The number of unbranched alkanes of at least 4 members (excludes halogenated alkanes) is 6. The fraction of sp³-hybridized carbons (Fsp3) is 0.667. The lowest BCUT2D eigenvalue weighted by Crippen LogP contribution is -2.04. The van der Waals surface area contributed by atoms with Gasteiger partial charge in [0.2, 0.25) is 0 Å². The molecule has 0 aliphatic heterocycles. The van der Waals surface area contributed by atoms with E-state index in [4.69, 9.17) is 4.74 Å². The van der Waals surface area contributed by atoms with Crippen molar-refractivity contribution in [2.45, 2.75) is 58.3 Å². The highest BCUT2D eigenvalue weighted by atomic mass is 16.5. The molecule has 0 aliphatic rings. The lowest BCUT2D eigenvalue weighted by molar-refractivity contribution is -0.136. The van der Waals surface area contributed by atoms with E-state index >= 15 is 0 Å². The van der Waals surface area contributed by atoms with Gasteiger partial charge in [0.15, 0.2) is 0 Å². The van der Waals surface area contributed by atoms with Crippen LogP contribution in [0.25, 0.3) is 0 Å². The van der Waals surface area contributed by atoms with Crippen molar-refractivity contribution in [2.75, 3.05) is 7.11 Å². The van der Waals surface area contributed by atoms with Crippen LogP contribution in [0.1, 0.15) is 58.3 Å². The SMILES string of the molecule is C=C/C=C(\CCCCCCCCC)C(=O)OC. The Bertz CT molecular complexity index is 241. The van der Waals surface area contributed by atoms with Gasteiger partial charge in [-0.3, -0.25) is 0 Å². The van der Waals surface area contributed by atoms with Gasteiger partial charge in [-0.25, -0.2) is 4.79 Å². The second-order valence-electron chi connectivity index (χ2n) is 4.29. The van der Waals surface area contributed by atoms with Gasteiger partial charge in [0.1, 0.15) is 0 Å². The number of hydrogen-bond donors (Lipinski definition) is 0. The summed E-state index contributed by atoms with van der Waals surface area (Å²) in [4.78, 5) is 11.4. The second kappa shape index (κ2) is 11.4. The molecule has 98 valence electrons. The summed E-state index contributed by atoms with van der Waals surface area (Å²) in [6.07, 6.45) is 13.0. The second-order valence-corrected chi connectivity index (χ2v) is 4.29. The predicted molar refractivity (Wildman–Crippen MR) is 72.9 cm³/mol. The van der Waals surface area contributed by atoms with Gasteiger partial charge in [-0.2, -0.15) is 0 Å². The average molecular weight is 238 g/mol. The number of methoxy groups -OCH3 is 1. The van der Waals surface area contributed by atoms with Gasteiger partial charge in [0.05, 0.1) is 7.11 Å². The fourth-order valence-corrected chi connectivity index (χ4v) is 1.80. The molecule has 2 heteroatoms. The molecule has 0 N–H and O–H groups in total. The molecule has 0 spiro atoms. The number of carbonyl (C=O) groups excluding carboxylic acids is 1. The molecule has 0 bridgehead atoms. The molecule has 17 heavy (non-hydrogen) atoms. The number of rotatable bonds is 10. The van der Waals surface area contributed by atoms with E-state index in [1.165, 1.54) is 45.6 Å². The van der Waals surface area contributed by atoms with Crippen LogP contribution in [0.4, 0.5) is 0 Å². The van der Waals surface area contributed by atoms with Gasteiger partial charge in [-0.05, 0) is 12.8 Å². The van der Waals surface area contributed by atoms with Gasteiger partial charge >= 0.3 is 5.97 Å². The molecule has 0 unspecified atom stereocenters. The maximum Gasteiger partial charge on any atom is 0.333 e. The Morgan fingerprint density at radius 1 is 1.12 bits per heavy atom. The van der Waals surface area contributed by atoms with Crippen LogP contribution in [0.15, 0.2) is 24.3 Å². The smallest absolute Gasteiger partial charge is 0.333 e. The lowest BCUT2D eigenvalue weighted by Gasteiger charge is -2.04. The average Bonchev–Trinajstić information content (AvgIpc) is 2.35. The maximum atomic E-state index is 11.4. The van der Waals surface area contributed by atoms with Crippen LogP contribution in [0, 0.1) is 0 Å². The van der Waals surface area contributed by atoms with Crippen molar-refractivity contribution in [1.29, 1.82) is 0 Å². The summed E-state index contributed by atoms with van der Waals surface area (Å²) in [6.45, 7) is 5.84. The van der Waals surface area contributed by atoms with Crippen LogP contribution in [0.3, 0.4) is 0 Å². The molecular formula is C15H26O2. The zero-order valence-electron chi connectivity index (χ0n) is 11.3. The molecule has 2 nitrogen and oxygen atoms in total. The van der Waals surface area contributed by atoms with Crippen LogP contribution in [0.2, 0.25) is 0 Å². The van der Waals surface area contributed by atoms with Crippen LogP contribution >= 0.6 is 0 Å². The summed E-state index contributed by atoms with van der Waals surface area (Å²) in [5.41, 5.74) is 0.732. The first-order chi connectivity index (χ1) is 8.26. The molecule has 0 aliphatic carbocycles. The highest BCUT2D eigenvalue weighted by Crippen LogP contribution is 2.13. The van der Waals surface area contributed by atoms with Crippen LogP contribution in [-0.2, 0) is 9.53 Å². The minimum absolute atomic E-state index is 0.226. The summed E-state index contributed by atoms with van der Waals surface area (Å²) < 4.78 is 4.72. The Kier molecular flexibility index (Phi) is 10.7. The highest BCUT2D eigenvalue weighted by molar-refractivity contribution is 5.88. The molecule has 0 aromatic heterocycles. The van der Waals surface area contributed by atoms with Gasteiger partial charge in [0, 0.05) is 5.57 Å². The van der Waals surface area contributed by atoms with Crippen molar-refractivity contribution in [3.05, 3.63) is 24.3 Å². The number of hydrogen-bond acceptors (Lipinski definition) is 2. The van der Waals surface area contributed by atoms with E-state index in [0.717, 1.165) is 18.4 Å². The number of allylic oxidation sites excluding steroid dienone is 2. The van der Waals surface area contributed by atoms with E-state index in [1.54, 1.807) is 12.2 Å². The van der Waals surface area contributed by atoms with E-state index < -0.39 is 0 Å². The Labute approximate surface area is 106 Å². The third kappa shape index (κ3) is 8.73. The molecule has 0 aromatic rings. The molecule has 0 radical (unpaired) electrons. The van der Waals surface area contributed by atoms with Gasteiger partial charge < -0.3 is 4.74 Å². The molecule has 0 fully saturated rings. The van der Waals surface area contributed by atoms with Crippen molar-refractivity contribution in [3.8, 4) is 0 Å². The first-order valence-corrected chi connectivity index (χ1v) is 6.66. The largest absolute Gasteiger partial charge is 0.466 e. The summed E-state index contributed by atoms with van der Waals surface area (Å²) in [6, 6.07) is 0. The van der Waals surface area contributed by atoms with Crippen molar-refractivity contribution >= 4 is 5.97 Å². The first-order valence-electron chi connectivity index (χ1n) is 6.66. The quantitative estimate of drug-likeness (QED) is 0.244.